The average Bonchev–Trinajstić information content (AvgIpc) is 2.97. The Morgan fingerprint density at radius 1 is 1.08 bits per heavy atom. The minimum Gasteiger partial charge on any atom is -0.340 e. The van der Waals surface area contributed by atoms with Crippen LogP contribution in [-0.4, -0.2) is 53.0 Å². The SMILES string of the molecule is Cc1csc(=O)n1CCC(=O)N1CCN(CCc2ccccc2)CC1. The van der Waals surface area contributed by atoms with E-state index in [1.165, 1.54) is 16.9 Å². The number of carbonyl (C=O) groups is 1. The highest BCUT2D eigenvalue weighted by atomic mass is 32.1. The van der Waals surface area contributed by atoms with Crippen LogP contribution < -0.4 is 4.87 Å². The van der Waals surface area contributed by atoms with Gasteiger partial charge in [0.05, 0.1) is 0 Å². The van der Waals surface area contributed by atoms with E-state index in [4.69, 9.17) is 0 Å². The number of rotatable bonds is 6. The molecule has 0 aliphatic carbocycles. The summed E-state index contributed by atoms with van der Waals surface area (Å²) in [6.45, 7) is 6.85. The van der Waals surface area contributed by atoms with Crippen LogP contribution in [0.25, 0.3) is 0 Å². The molecule has 1 aromatic heterocycles. The second-order valence-corrected chi connectivity index (χ2v) is 7.32. The van der Waals surface area contributed by atoms with Gasteiger partial charge in [0, 0.05) is 56.8 Å². The summed E-state index contributed by atoms with van der Waals surface area (Å²) in [6, 6.07) is 10.5. The zero-order valence-electron chi connectivity index (χ0n) is 14.7. The predicted octanol–water partition coefficient (Wildman–Crippen LogP) is 2.00. The van der Waals surface area contributed by atoms with Crippen molar-refractivity contribution in [3.63, 3.8) is 0 Å². The summed E-state index contributed by atoms with van der Waals surface area (Å²) in [4.78, 5) is 28.5. The fourth-order valence-electron chi connectivity index (χ4n) is 3.19. The van der Waals surface area contributed by atoms with Gasteiger partial charge in [-0.15, -0.1) is 0 Å². The standard InChI is InChI=1S/C19H25N3O2S/c1-16-15-25-19(24)22(16)10-8-18(23)21-13-11-20(12-14-21)9-7-17-5-3-2-4-6-17/h2-6,15H,7-14H2,1H3. The molecule has 0 atom stereocenters. The summed E-state index contributed by atoms with van der Waals surface area (Å²) in [5.41, 5.74) is 2.30. The quantitative estimate of drug-likeness (QED) is 0.792. The molecule has 1 aliphatic rings. The Morgan fingerprint density at radius 3 is 2.44 bits per heavy atom. The van der Waals surface area contributed by atoms with E-state index in [0.29, 0.717) is 13.0 Å². The van der Waals surface area contributed by atoms with Gasteiger partial charge in [0.25, 0.3) is 0 Å². The minimum absolute atomic E-state index is 0.0241. The molecule has 2 heterocycles. The first kappa shape index (κ1) is 17.9. The van der Waals surface area contributed by atoms with Crippen LogP contribution in [0.4, 0.5) is 0 Å². The molecule has 1 amide bonds. The Balaban J connectivity index is 1.41. The van der Waals surface area contributed by atoms with Crippen molar-refractivity contribution in [3.05, 3.63) is 56.6 Å². The van der Waals surface area contributed by atoms with Gasteiger partial charge in [0.1, 0.15) is 0 Å². The summed E-state index contributed by atoms with van der Waals surface area (Å²) >= 11 is 1.20. The molecule has 5 nitrogen and oxygen atoms in total. The zero-order valence-corrected chi connectivity index (χ0v) is 15.5. The normalized spacial score (nSPS) is 15.5. The van der Waals surface area contributed by atoms with Crippen molar-refractivity contribution < 1.29 is 4.79 Å². The van der Waals surface area contributed by atoms with Crippen LogP contribution in [0.15, 0.2) is 40.5 Å². The Hall–Kier alpha value is -1.92. The smallest absolute Gasteiger partial charge is 0.307 e. The molecular formula is C19H25N3O2S. The van der Waals surface area contributed by atoms with Gasteiger partial charge in [-0.2, -0.15) is 0 Å². The van der Waals surface area contributed by atoms with Crippen LogP contribution in [0.5, 0.6) is 0 Å². The van der Waals surface area contributed by atoms with Gasteiger partial charge in [-0.3, -0.25) is 14.5 Å². The molecule has 6 heteroatoms. The second kappa shape index (κ2) is 8.45. The molecule has 0 N–H and O–H groups in total. The third kappa shape index (κ3) is 4.80. The summed E-state index contributed by atoms with van der Waals surface area (Å²) in [5, 5.41) is 1.85. The highest BCUT2D eigenvalue weighted by Crippen LogP contribution is 2.08. The summed E-state index contributed by atoms with van der Waals surface area (Å²) < 4.78 is 1.69. The molecule has 2 aromatic rings. The first-order chi connectivity index (χ1) is 12.1. The lowest BCUT2D eigenvalue weighted by Gasteiger charge is -2.34. The van der Waals surface area contributed by atoms with E-state index in [-0.39, 0.29) is 10.8 Å². The summed E-state index contributed by atoms with van der Waals surface area (Å²) in [7, 11) is 0. The summed E-state index contributed by atoms with van der Waals surface area (Å²) in [5.74, 6) is 0.153. The Morgan fingerprint density at radius 2 is 1.80 bits per heavy atom. The monoisotopic (exact) mass is 359 g/mol. The van der Waals surface area contributed by atoms with E-state index in [1.807, 2.05) is 23.3 Å². The minimum atomic E-state index is 0.0241. The van der Waals surface area contributed by atoms with E-state index < -0.39 is 0 Å². The highest BCUT2D eigenvalue weighted by Gasteiger charge is 2.20. The molecule has 3 rings (SSSR count). The predicted molar refractivity (Wildman–Crippen MR) is 101 cm³/mol. The van der Waals surface area contributed by atoms with Crippen molar-refractivity contribution in [2.75, 3.05) is 32.7 Å². The Labute approximate surface area is 152 Å². The van der Waals surface area contributed by atoms with Gasteiger partial charge >= 0.3 is 4.87 Å². The number of nitrogens with zero attached hydrogens (tertiary/aromatic N) is 3. The summed E-state index contributed by atoms with van der Waals surface area (Å²) in [6.07, 6.45) is 1.45. The third-order valence-electron chi connectivity index (χ3n) is 4.81. The number of piperazine rings is 1. The second-order valence-electron chi connectivity index (χ2n) is 6.50. The molecular weight excluding hydrogens is 334 g/mol. The largest absolute Gasteiger partial charge is 0.340 e. The van der Waals surface area contributed by atoms with E-state index in [0.717, 1.165) is 44.8 Å². The topological polar surface area (TPSA) is 45.6 Å². The molecule has 1 aromatic carbocycles. The van der Waals surface area contributed by atoms with Gasteiger partial charge in [-0.25, -0.2) is 0 Å². The van der Waals surface area contributed by atoms with Gasteiger partial charge in [-0.1, -0.05) is 41.7 Å². The molecule has 0 bridgehead atoms. The number of benzene rings is 1. The van der Waals surface area contributed by atoms with Gasteiger partial charge in [0.15, 0.2) is 0 Å². The highest BCUT2D eigenvalue weighted by molar-refractivity contribution is 7.07. The molecule has 1 aliphatic heterocycles. The molecule has 0 saturated carbocycles. The third-order valence-corrected chi connectivity index (χ3v) is 5.69. The van der Waals surface area contributed by atoms with E-state index >= 15 is 0 Å². The molecule has 0 spiro atoms. The number of hydrogen-bond donors (Lipinski definition) is 0. The maximum absolute atomic E-state index is 12.4. The zero-order chi connectivity index (χ0) is 17.6. The molecule has 25 heavy (non-hydrogen) atoms. The van der Waals surface area contributed by atoms with Crippen molar-refractivity contribution in [3.8, 4) is 0 Å². The molecule has 0 unspecified atom stereocenters. The fourth-order valence-corrected chi connectivity index (χ4v) is 3.95. The van der Waals surface area contributed by atoms with Crippen LogP contribution in [0.1, 0.15) is 17.7 Å². The van der Waals surface area contributed by atoms with Crippen molar-refractivity contribution in [1.29, 1.82) is 0 Å². The van der Waals surface area contributed by atoms with E-state index in [9.17, 15) is 9.59 Å². The lowest BCUT2D eigenvalue weighted by atomic mass is 10.1. The number of amides is 1. The Kier molecular flexibility index (Phi) is 6.04. The van der Waals surface area contributed by atoms with Gasteiger partial charge < -0.3 is 9.47 Å². The number of hydrogen-bond acceptors (Lipinski definition) is 4. The van der Waals surface area contributed by atoms with E-state index in [2.05, 4.69) is 29.2 Å². The van der Waals surface area contributed by atoms with Crippen LogP contribution >= 0.6 is 11.3 Å². The van der Waals surface area contributed by atoms with Gasteiger partial charge in [-0.05, 0) is 18.9 Å². The Bertz CT molecular complexity index is 746. The molecule has 1 fully saturated rings. The van der Waals surface area contributed by atoms with Gasteiger partial charge in [0.2, 0.25) is 5.91 Å². The van der Waals surface area contributed by atoms with Crippen molar-refractivity contribution in [1.82, 2.24) is 14.4 Å². The first-order valence-electron chi connectivity index (χ1n) is 8.82. The van der Waals surface area contributed by atoms with Crippen molar-refractivity contribution in [2.45, 2.75) is 26.3 Å². The number of carbonyl (C=O) groups excluding carboxylic acids is 1. The van der Waals surface area contributed by atoms with Crippen LogP contribution in [0, 0.1) is 6.92 Å². The van der Waals surface area contributed by atoms with Crippen LogP contribution in [-0.2, 0) is 17.8 Å². The lowest BCUT2D eigenvalue weighted by Crippen LogP contribution is -2.49. The van der Waals surface area contributed by atoms with Crippen molar-refractivity contribution >= 4 is 17.2 Å². The van der Waals surface area contributed by atoms with Crippen molar-refractivity contribution in [2.24, 2.45) is 0 Å². The fraction of sp³-hybridized carbons (Fsp3) is 0.474. The molecule has 1 saturated heterocycles. The average molecular weight is 359 g/mol. The number of thiazole rings is 1. The molecule has 0 radical (unpaired) electrons. The first-order valence-corrected chi connectivity index (χ1v) is 9.70. The van der Waals surface area contributed by atoms with Crippen LogP contribution in [0.3, 0.4) is 0 Å². The number of aromatic nitrogens is 1. The number of aryl methyl sites for hydroxylation is 1. The van der Waals surface area contributed by atoms with E-state index in [1.54, 1.807) is 4.57 Å². The maximum atomic E-state index is 12.4. The molecule has 134 valence electrons. The van der Waals surface area contributed by atoms with Crippen LogP contribution in [0.2, 0.25) is 0 Å². The maximum Gasteiger partial charge on any atom is 0.307 e. The lowest BCUT2D eigenvalue weighted by molar-refractivity contribution is -0.133.